The molecule has 0 saturated carbocycles. The second kappa shape index (κ2) is 7.51. The Morgan fingerprint density at radius 2 is 1.89 bits per heavy atom. The van der Waals surface area contributed by atoms with E-state index in [2.05, 4.69) is 12.2 Å². The van der Waals surface area contributed by atoms with Gasteiger partial charge in [-0.2, -0.15) is 0 Å². The average molecular weight is 284 g/mol. The largest absolute Gasteiger partial charge is 0.464 e. The Bertz CT molecular complexity index is 405. The highest BCUT2D eigenvalue weighted by Gasteiger charge is 2.39. The first-order valence-electron chi connectivity index (χ1n) is 6.79. The van der Waals surface area contributed by atoms with Gasteiger partial charge in [-0.15, -0.1) is 0 Å². The highest BCUT2D eigenvalue weighted by molar-refractivity contribution is 6.30. The van der Waals surface area contributed by atoms with Gasteiger partial charge in [-0.25, -0.2) is 4.79 Å². The van der Waals surface area contributed by atoms with Gasteiger partial charge in [0.2, 0.25) is 0 Å². The van der Waals surface area contributed by atoms with E-state index in [1.165, 1.54) is 0 Å². The number of rotatable bonds is 7. The molecule has 1 atom stereocenters. The summed E-state index contributed by atoms with van der Waals surface area (Å²) in [6, 6.07) is 7.36. The molecule has 1 aromatic carbocycles. The number of carbonyl (C=O) groups excluding carboxylic acids is 1. The molecular formula is C15H22ClNO2. The van der Waals surface area contributed by atoms with E-state index in [1.807, 2.05) is 26.0 Å². The van der Waals surface area contributed by atoms with Gasteiger partial charge in [-0.05, 0) is 44.0 Å². The van der Waals surface area contributed by atoms with Crippen molar-refractivity contribution in [2.45, 2.75) is 39.2 Å². The standard InChI is InChI=1S/C15H22ClNO2/c1-4-11-17-15(5-2,14(18)19-6-3)12-7-9-13(16)10-8-12/h7-10,17H,4-6,11H2,1-3H3. The molecule has 4 heteroatoms. The van der Waals surface area contributed by atoms with E-state index >= 15 is 0 Å². The molecule has 1 N–H and O–H groups in total. The lowest BCUT2D eigenvalue weighted by Gasteiger charge is -2.32. The van der Waals surface area contributed by atoms with Crippen LogP contribution in [0.15, 0.2) is 24.3 Å². The van der Waals surface area contributed by atoms with Gasteiger partial charge in [0.1, 0.15) is 5.54 Å². The zero-order chi connectivity index (χ0) is 14.3. The fraction of sp³-hybridized carbons (Fsp3) is 0.533. The van der Waals surface area contributed by atoms with Crippen LogP contribution in [0.1, 0.15) is 39.2 Å². The molecule has 0 fully saturated rings. The van der Waals surface area contributed by atoms with Crippen LogP contribution in [0.3, 0.4) is 0 Å². The van der Waals surface area contributed by atoms with Gasteiger partial charge in [-0.3, -0.25) is 5.32 Å². The van der Waals surface area contributed by atoms with Crippen LogP contribution in [-0.4, -0.2) is 19.1 Å². The molecule has 0 amide bonds. The lowest BCUT2D eigenvalue weighted by molar-refractivity contribution is -0.152. The fourth-order valence-corrected chi connectivity index (χ4v) is 2.22. The molecule has 0 spiro atoms. The molecule has 1 aromatic rings. The molecule has 106 valence electrons. The molecule has 0 aromatic heterocycles. The minimum Gasteiger partial charge on any atom is -0.464 e. The van der Waals surface area contributed by atoms with E-state index in [9.17, 15) is 4.79 Å². The summed E-state index contributed by atoms with van der Waals surface area (Å²) in [5.41, 5.74) is 0.114. The van der Waals surface area contributed by atoms with Gasteiger partial charge >= 0.3 is 5.97 Å². The molecule has 0 heterocycles. The topological polar surface area (TPSA) is 38.3 Å². The van der Waals surface area contributed by atoms with Gasteiger partial charge in [0.05, 0.1) is 6.61 Å². The van der Waals surface area contributed by atoms with Gasteiger partial charge in [0, 0.05) is 5.02 Å². The number of ether oxygens (including phenoxy) is 1. The summed E-state index contributed by atoms with van der Waals surface area (Å²) in [4.78, 5) is 12.4. The van der Waals surface area contributed by atoms with Crippen LogP contribution in [-0.2, 0) is 15.1 Å². The van der Waals surface area contributed by atoms with Crippen molar-refractivity contribution in [3.05, 3.63) is 34.9 Å². The molecule has 0 aliphatic heterocycles. The first-order valence-corrected chi connectivity index (χ1v) is 7.16. The fourth-order valence-electron chi connectivity index (χ4n) is 2.09. The van der Waals surface area contributed by atoms with Crippen molar-refractivity contribution in [3.8, 4) is 0 Å². The average Bonchev–Trinajstić information content (AvgIpc) is 2.42. The Kier molecular flexibility index (Phi) is 6.32. The van der Waals surface area contributed by atoms with Crippen LogP contribution in [0.2, 0.25) is 5.02 Å². The monoisotopic (exact) mass is 283 g/mol. The van der Waals surface area contributed by atoms with Crippen LogP contribution in [0, 0.1) is 0 Å². The molecule has 0 aliphatic rings. The summed E-state index contributed by atoms with van der Waals surface area (Å²) in [7, 11) is 0. The minimum absolute atomic E-state index is 0.228. The predicted molar refractivity (Wildman–Crippen MR) is 78.3 cm³/mol. The molecule has 19 heavy (non-hydrogen) atoms. The molecule has 0 saturated heterocycles. The lowest BCUT2D eigenvalue weighted by Crippen LogP contribution is -2.50. The Morgan fingerprint density at radius 3 is 2.37 bits per heavy atom. The Labute approximate surface area is 120 Å². The summed E-state index contributed by atoms with van der Waals surface area (Å²) >= 11 is 5.91. The number of carbonyl (C=O) groups is 1. The van der Waals surface area contributed by atoms with Crippen molar-refractivity contribution >= 4 is 17.6 Å². The number of esters is 1. The number of halogens is 1. The first kappa shape index (κ1) is 16.0. The maximum Gasteiger partial charge on any atom is 0.330 e. The van der Waals surface area contributed by atoms with E-state index in [-0.39, 0.29) is 5.97 Å². The summed E-state index contributed by atoms with van der Waals surface area (Å²) in [5, 5.41) is 4.00. The second-order valence-corrected chi connectivity index (χ2v) is 4.85. The number of hydrogen-bond donors (Lipinski definition) is 1. The predicted octanol–water partition coefficient (Wildman–Crippen LogP) is 3.51. The molecule has 0 radical (unpaired) electrons. The highest BCUT2D eigenvalue weighted by Crippen LogP contribution is 2.28. The molecular weight excluding hydrogens is 262 g/mol. The summed E-state index contributed by atoms with van der Waals surface area (Å²) in [5.74, 6) is -0.228. The molecule has 1 unspecified atom stereocenters. The van der Waals surface area contributed by atoms with E-state index in [1.54, 1.807) is 12.1 Å². The second-order valence-electron chi connectivity index (χ2n) is 4.41. The Hall–Kier alpha value is -1.06. The van der Waals surface area contributed by atoms with Crippen molar-refractivity contribution in [1.82, 2.24) is 5.32 Å². The van der Waals surface area contributed by atoms with E-state index in [4.69, 9.17) is 16.3 Å². The highest BCUT2D eigenvalue weighted by atomic mass is 35.5. The van der Waals surface area contributed by atoms with Gasteiger partial charge in [0.25, 0.3) is 0 Å². The summed E-state index contributed by atoms with van der Waals surface area (Å²) < 4.78 is 5.25. The normalized spacial score (nSPS) is 13.9. The molecule has 0 aliphatic carbocycles. The van der Waals surface area contributed by atoms with Crippen LogP contribution in [0.4, 0.5) is 0 Å². The van der Waals surface area contributed by atoms with Crippen molar-refractivity contribution in [2.24, 2.45) is 0 Å². The zero-order valence-corrected chi connectivity index (χ0v) is 12.6. The number of nitrogens with one attached hydrogen (secondary N) is 1. The summed E-state index contributed by atoms with van der Waals surface area (Å²) in [6.07, 6.45) is 1.59. The lowest BCUT2D eigenvalue weighted by atomic mass is 9.87. The maximum absolute atomic E-state index is 12.4. The van der Waals surface area contributed by atoms with E-state index < -0.39 is 5.54 Å². The third-order valence-corrected chi connectivity index (χ3v) is 3.42. The zero-order valence-electron chi connectivity index (χ0n) is 11.8. The smallest absolute Gasteiger partial charge is 0.330 e. The Morgan fingerprint density at radius 1 is 1.26 bits per heavy atom. The minimum atomic E-state index is -0.781. The van der Waals surface area contributed by atoms with Crippen molar-refractivity contribution in [3.63, 3.8) is 0 Å². The quantitative estimate of drug-likeness (QED) is 0.778. The van der Waals surface area contributed by atoms with E-state index in [0.717, 1.165) is 18.5 Å². The van der Waals surface area contributed by atoms with Crippen LogP contribution >= 0.6 is 11.6 Å². The first-order chi connectivity index (χ1) is 9.10. The summed E-state index contributed by atoms with van der Waals surface area (Å²) in [6.45, 7) is 7.01. The SMILES string of the molecule is CCCNC(CC)(C(=O)OCC)c1ccc(Cl)cc1. The molecule has 3 nitrogen and oxygen atoms in total. The number of hydrogen-bond acceptors (Lipinski definition) is 3. The van der Waals surface area contributed by atoms with Crippen molar-refractivity contribution in [2.75, 3.05) is 13.2 Å². The third kappa shape index (κ3) is 3.71. The third-order valence-electron chi connectivity index (χ3n) is 3.17. The van der Waals surface area contributed by atoms with Crippen molar-refractivity contribution in [1.29, 1.82) is 0 Å². The molecule has 1 rings (SSSR count). The van der Waals surface area contributed by atoms with Crippen LogP contribution in [0.5, 0.6) is 0 Å². The van der Waals surface area contributed by atoms with E-state index in [0.29, 0.717) is 18.1 Å². The maximum atomic E-state index is 12.4. The van der Waals surface area contributed by atoms with Crippen LogP contribution in [0.25, 0.3) is 0 Å². The van der Waals surface area contributed by atoms with Crippen molar-refractivity contribution < 1.29 is 9.53 Å². The van der Waals surface area contributed by atoms with Crippen LogP contribution < -0.4 is 5.32 Å². The number of benzene rings is 1. The Balaban J connectivity index is 3.14. The van der Waals surface area contributed by atoms with Gasteiger partial charge < -0.3 is 4.74 Å². The van der Waals surface area contributed by atoms with Gasteiger partial charge in [0.15, 0.2) is 0 Å². The molecule has 0 bridgehead atoms. The van der Waals surface area contributed by atoms with Gasteiger partial charge in [-0.1, -0.05) is 37.6 Å².